The summed E-state index contributed by atoms with van der Waals surface area (Å²) in [4.78, 5) is 11.9. The van der Waals surface area contributed by atoms with Gasteiger partial charge < -0.3 is 4.74 Å². The van der Waals surface area contributed by atoms with Crippen molar-refractivity contribution in [3.8, 4) is 5.06 Å². The third kappa shape index (κ3) is 4.00. The molecule has 1 heterocycles. The molecule has 0 unspecified atom stereocenters. The third-order valence-corrected chi connectivity index (χ3v) is 5.08. The number of carbonyl (C=O) groups is 1. The van der Waals surface area contributed by atoms with E-state index >= 15 is 0 Å². The van der Waals surface area contributed by atoms with Crippen molar-refractivity contribution >= 4 is 46.8 Å². The molecule has 7 heteroatoms. The number of nitrogens with zero attached hydrogens (tertiary/aromatic N) is 1. The second kappa shape index (κ2) is 7.49. The summed E-state index contributed by atoms with van der Waals surface area (Å²) in [6, 6.07) is 8.77. The molecular formula is C14H13ClN2O2S2. The Morgan fingerprint density at radius 2 is 2.24 bits per heavy atom. The van der Waals surface area contributed by atoms with Crippen LogP contribution < -0.4 is 10.2 Å². The van der Waals surface area contributed by atoms with Gasteiger partial charge in [0, 0.05) is 5.56 Å². The van der Waals surface area contributed by atoms with Gasteiger partial charge in [-0.1, -0.05) is 35.1 Å². The van der Waals surface area contributed by atoms with Crippen molar-refractivity contribution in [2.75, 3.05) is 13.4 Å². The van der Waals surface area contributed by atoms with Crippen molar-refractivity contribution < 1.29 is 9.53 Å². The number of nitrogens with one attached hydrogen (secondary N) is 1. The molecule has 1 N–H and O–H groups in total. The fraction of sp³-hybridized carbons (Fsp3) is 0.143. The van der Waals surface area contributed by atoms with Gasteiger partial charge in [0.25, 0.3) is 5.91 Å². The van der Waals surface area contributed by atoms with Gasteiger partial charge in [-0.05, 0) is 24.5 Å². The number of carbonyl (C=O) groups excluding carboxylic acids is 1. The first-order valence-electron chi connectivity index (χ1n) is 5.95. The minimum Gasteiger partial charge on any atom is -0.487 e. The van der Waals surface area contributed by atoms with Crippen molar-refractivity contribution in [3.63, 3.8) is 0 Å². The van der Waals surface area contributed by atoms with Crippen LogP contribution in [0.4, 0.5) is 0 Å². The molecule has 0 atom stereocenters. The van der Waals surface area contributed by atoms with Crippen LogP contribution in [-0.4, -0.2) is 25.5 Å². The highest BCUT2D eigenvalue weighted by Gasteiger charge is 2.09. The lowest BCUT2D eigenvalue weighted by atomic mass is 10.2. The normalized spacial score (nSPS) is 10.8. The van der Waals surface area contributed by atoms with Crippen LogP contribution >= 0.6 is 34.7 Å². The predicted molar refractivity (Wildman–Crippen MR) is 89.2 cm³/mol. The topological polar surface area (TPSA) is 50.7 Å². The van der Waals surface area contributed by atoms with Crippen molar-refractivity contribution in [2.45, 2.75) is 4.21 Å². The van der Waals surface area contributed by atoms with E-state index in [2.05, 4.69) is 10.5 Å². The van der Waals surface area contributed by atoms with Gasteiger partial charge in [-0.3, -0.25) is 4.79 Å². The molecule has 0 aliphatic carbocycles. The quantitative estimate of drug-likeness (QED) is 0.510. The molecule has 0 aliphatic rings. The van der Waals surface area contributed by atoms with Crippen LogP contribution in [0, 0.1) is 0 Å². The molecule has 2 aromatic rings. The number of benzene rings is 1. The van der Waals surface area contributed by atoms with E-state index in [1.54, 1.807) is 49.4 Å². The van der Waals surface area contributed by atoms with Gasteiger partial charge in [-0.25, -0.2) is 5.43 Å². The number of thiophene rings is 1. The average Bonchev–Trinajstić information content (AvgIpc) is 2.90. The van der Waals surface area contributed by atoms with Gasteiger partial charge >= 0.3 is 0 Å². The Kier molecular flexibility index (Phi) is 5.67. The maximum absolute atomic E-state index is 11.9. The Balaban J connectivity index is 2.07. The molecule has 0 spiro atoms. The Bertz CT molecular complexity index is 671. The number of amides is 1. The van der Waals surface area contributed by atoms with Crippen molar-refractivity contribution in [1.82, 2.24) is 5.43 Å². The zero-order chi connectivity index (χ0) is 15.2. The highest BCUT2D eigenvalue weighted by molar-refractivity contribution is 8.00. The Morgan fingerprint density at radius 1 is 1.48 bits per heavy atom. The van der Waals surface area contributed by atoms with Crippen LogP contribution in [0.15, 0.2) is 39.6 Å². The molecule has 0 aliphatic heterocycles. The molecule has 0 radical (unpaired) electrons. The lowest BCUT2D eigenvalue weighted by molar-refractivity contribution is 0.0955. The van der Waals surface area contributed by atoms with Crippen LogP contribution in [0.25, 0.3) is 0 Å². The number of halogens is 1. The second-order valence-corrected chi connectivity index (χ2v) is 6.42. The van der Waals surface area contributed by atoms with E-state index in [1.165, 1.54) is 11.3 Å². The Labute approximate surface area is 136 Å². The highest BCUT2D eigenvalue weighted by Crippen LogP contribution is 2.34. The Morgan fingerprint density at radius 3 is 2.90 bits per heavy atom. The van der Waals surface area contributed by atoms with Gasteiger partial charge in [0.15, 0.2) is 5.06 Å². The summed E-state index contributed by atoms with van der Waals surface area (Å²) in [5.74, 6) is -0.351. The van der Waals surface area contributed by atoms with Crippen LogP contribution in [0.1, 0.15) is 15.9 Å². The highest BCUT2D eigenvalue weighted by atomic mass is 35.5. The molecule has 2 rings (SSSR count). The molecule has 21 heavy (non-hydrogen) atoms. The van der Waals surface area contributed by atoms with E-state index < -0.39 is 0 Å². The number of ether oxygens (including phenoxy) is 1. The van der Waals surface area contributed by atoms with E-state index in [1.807, 2.05) is 12.3 Å². The average molecular weight is 341 g/mol. The number of methoxy groups -OCH3 is 1. The molecular weight excluding hydrogens is 328 g/mol. The summed E-state index contributed by atoms with van der Waals surface area (Å²) in [5, 5.41) is 5.10. The summed E-state index contributed by atoms with van der Waals surface area (Å²) in [6.45, 7) is 0. The number of thioether (sulfide) groups is 1. The molecule has 1 aromatic carbocycles. The summed E-state index contributed by atoms with van der Waals surface area (Å²) in [5.41, 5.74) is 3.67. The van der Waals surface area contributed by atoms with Crippen LogP contribution in [-0.2, 0) is 0 Å². The Hall–Kier alpha value is -1.50. The second-order valence-electron chi connectivity index (χ2n) is 3.90. The molecule has 0 bridgehead atoms. The maximum Gasteiger partial charge on any atom is 0.272 e. The van der Waals surface area contributed by atoms with Gasteiger partial charge in [0.05, 0.1) is 28.1 Å². The maximum atomic E-state index is 11.9. The zero-order valence-electron chi connectivity index (χ0n) is 11.4. The first kappa shape index (κ1) is 15.9. The number of hydrogen-bond acceptors (Lipinski definition) is 5. The van der Waals surface area contributed by atoms with Crippen molar-refractivity contribution in [3.05, 3.63) is 46.5 Å². The molecule has 110 valence electrons. The van der Waals surface area contributed by atoms with Crippen molar-refractivity contribution in [1.29, 1.82) is 0 Å². The molecule has 0 saturated carbocycles. The fourth-order valence-electron chi connectivity index (χ4n) is 1.58. The number of hydrazone groups is 1. The van der Waals surface area contributed by atoms with Gasteiger partial charge in [0.1, 0.15) is 0 Å². The summed E-state index contributed by atoms with van der Waals surface area (Å²) in [6.07, 6.45) is 3.55. The smallest absolute Gasteiger partial charge is 0.272 e. The lowest BCUT2D eigenvalue weighted by Gasteiger charge is -2.01. The SMILES string of the molecule is COc1sc(SC)cc1/C=N\NC(=O)c1ccccc1Cl. The first-order valence-corrected chi connectivity index (χ1v) is 8.37. The van der Waals surface area contributed by atoms with Gasteiger partial charge in [-0.15, -0.1) is 11.8 Å². The summed E-state index contributed by atoms with van der Waals surface area (Å²) < 4.78 is 6.39. The van der Waals surface area contributed by atoms with E-state index in [9.17, 15) is 4.79 Å². The molecule has 1 amide bonds. The molecule has 0 fully saturated rings. The largest absolute Gasteiger partial charge is 0.487 e. The van der Waals surface area contributed by atoms with E-state index in [0.717, 1.165) is 14.8 Å². The van der Waals surface area contributed by atoms with Crippen LogP contribution in [0.3, 0.4) is 0 Å². The van der Waals surface area contributed by atoms with Gasteiger partial charge in [-0.2, -0.15) is 5.10 Å². The molecule has 4 nitrogen and oxygen atoms in total. The molecule has 1 aromatic heterocycles. The van der Waals surface area contributed by atoms with Crippen LogP contribution in [0.5, 0.6) is 5.06 Å². The predicted octanol–water partition coefficient (Wildman–Crippen LogP) is 3.90. The van der Waals surface area contributed by atoms with E-state index in [0.29, 0.717) is 10.6 Å². The zero-order valence-corrected chi connectivity index (χ0v) is 13.8. The first-order chi connectivity index (χ1) is 10.2. The third-order valence-electron chi connectivity index (χ3n) is 2.58. The molecule has 0 saturated heterocycles. The summed E-state index contributed by atoms with van der Waals surface area (Å²) >= 11 is 9.11. The van der Waals surface area contributed by atoms with E-state index in [-0.39, 0.29) is 5.91 Å². The lowest BCUT2D eigenvalue weighted by Crippen LogP contribution is -2.17. The van der Waals surface area contributed by atoms with Crippen LogP contribution in [0.2, 0.25) is 5.02 Å². The monoisotopic (exact) mass is 340 g/mol. The van der Waals surface area contributed by atoms with Gasteiger partial charge in [0.2, 0.25) is 0 Å². The standard InChI is InChI=1S/C14H13ClN2O2S2/c1-19-14-9(7-12(20-2)21-14)8-16-17-13(18)10-5-3-4-6-11(10)15/h3-8H,1-2H3,(H,17,18)/b16-8-. The summed E-state index contributed by atoms with van der Waals surface area (Å²) in [7, 11) is 1.61. The minimum atomic E-state index is -0.351. The van der Waals surface area contributed by atoms with Crippen molar-refractivity contribution in [2.24, 2.45) is 5.10 Å². The number of rotatable bonds is 5. The van der Waals surface area contributed by atoms with E-state index in [4.69, 9.17) is 16.3 Å². The minimum absolute atomic E-state index is 0.351. The number of hydrogen-bond donors (Lipinski definition) is 1. The fourth-order valence-corrected chi connectivity index (χ4v) is 3.29.